The topological polar surface area (TPSA) is 44.4 Å². The number of amides is 1. The largest absolute Gasteiger partial charge is 0.350 e. The molecular weight excluding hydrogens is 452 g/mol. The summed E-state index contributed by atoms with van der Waals surface area (Å²) in [5.41, 5.74) is 2.79. The Morgan fingerprint density at radius 2 is 1.79 bits per heavy atom. The number of fused-ring (bicyclic) bond motifs is 1. The van der Waals surface area contributed by atoms with Crippen molar-refractivity contribution in [1.29, 1.82) is 0 Å². The molecule has 0 unspecified atom stereocenters. The fraction of sp³-hybridized carbons (Fsp3) is 0.381. The van der Waals surface area contributed by atoms with Crippen LogP contribution in [-0.2, 0) is 23.3 Å². The van der Waals surface area contributed by atoms with Crippen LogP contribution in [0.25, 0.3) is 0 Å². The lowest BCUT2D eigenvalue weighted by Crippen LogP contribution is -2.60. The third-order valence-corrected chi connectivity index (χ3v) is 6.43. The summed E-state index contributed by atoms with van der Waals surface area (Å²) in [5, 5.41) is 7.58. The molecule has 1 aliphatic heterocycles. The Hall–Kier alpha value is -1.01. The molecule has 0 radical (unpaired) electrons. The first-order valence-electron chi connectivity index (χ1n) is 9.37. The van der Waals surface area contributed by atoms with Crippen LogP contribution in [-0.4, -0.2) is 37.0 Å². The van der Waals surface area contributed by atoms with Gasteiger partial charge in [-0.15, -0.1) is 24.8 Å². The fourth-order valence-electron chi connectivity index (χ4n) is 4.32. The maximum Gasteiger partial charge on any atom is 0.245 e. The number of hydrogen-bond acceptors (Lipinski definition) is 3. The summed E-state index contributed by atoms with van der Waals surface area (Å²) in [5.74, 6) is 0.0698. The predicted octanol–water partition coefficient (Wildman–Crippen LogP) is 4.20. The summed E-state index contributed by atoms with van der Waals surface area (Å²) in [6.07, 6.45) is 1.75. The van der Waals surface area contributed by atoms with Crippen molar-refractivity contribution in [1.82, 2.24) is 15.5 Å². The van der Waals surface area contributed by atoms with Crippen molar-refractivity contribution < 1.29 is 4.79 Å². The number of carbonyl (C=O) groups excluding carboxylic acids is 1. The first kappa shape index (κ1) is 24.3. The van der Waals surface area contributed by atoms with Crippen LogP contribution < -0.4 is 10.6 Å². The van der Waals surface area contributed by atoms with Crippen LogP contribution in [0.1, 0.15) is 23.1 Å². The Labute approximate surface area is 194 Å². The quantitative estimate of drug-likeness (QED) is 0.694. The first-order valence-corrected chi connectivity index (χ1v) is 10.1. The monoisotopic (exact) mass is 475 g/mol. The minimum Gasteiger partial charge on any atom is -0.350 e. The van der Waals surface area contributed by atoms with Gasteiger partial charge in [0.15, 0.2) is 0 Å². The molecule has 1 fully saturated rings. The van der Waals surface area contributed by atoms with Gasteiger partial charge in [0.1, 0.15) is 5.54 Å². The Morgan fingerprint density at radius 3 is 2.52 bits per heavy atom. The lowest BCUT2D eigenvalue weighted by Gasteiger charge is -2.43. The molecule has 1 amide bonds. The molecule has 29 heavy (non-hydrogen) atoms. The average molecular weight is 477 g/mol. The number of nitrogens with zero attached hydrogens (tertiary/aromatic N) is 1. The SMILES string of the molecule is Cl.Cl.O=C(NCc1ccc(Cl)c(Cl)c1)[C@]1(N2CCNCC2)CCc2ccccc21. The Morgan fingerprint density at radius 1 is 1.07 bits per heavy atom. The molecule has 0 aromatic heterocycles. The van der Waals surface area contributed by atoms with Crippen LogP contribution in [0.4, 0.5) is 0 Å². The van der Waals surface area contributed by atoms with E-state index in [1.165, 1.54) is 5.56 Å². The second-order valence-corrected chi connectivity index (χ2v) is 8.00. The van der Waals surface area contributed by atoms with E-state index in [2.05, 4.69) is 33.7 Å². The molecule has 4 rings (SSSR count). The van der Waals surface area contributed by atoms with Gasteiger partial charge in [0.05, 0.1) is 10.0 Å². The van der Waals surface area contributed by atoms with E-state index in [4.69, 9.17) is 23.2 Å². The molecule has 1 saturated heterocycles. The Kier molecular flexibility index (Phi) is 8.65. The lowest BCUT2D eigenvalue weighted by molar-refractivity contribution is -0.135. The second-order valence-electron chi connectivity index (χ2n) is 7.19. The number of hydrogen-bond donors (Lipinski definition) is 2. The molecule has 158 valence electrons. The van der Waals surface area contributed by atoms with Gasteiger partial charge in [-0.2, -0.15) is 0 Å². The van der Waals surface area contributed by atoms with Gasteiger partial charge < -0.3 is 10.6 Å². The molecule has 0 saturated carbocycles. The van der Waals surface area contributed by atoms with Gasteiger partial charge in [0.25, 0.3) is 0 Å². The van der Waals surface area contributed by atoms with Gasteiger partial charge >= 0.3 is 0 Å². The number of aryl methyl sites for hydroxylation is 1. The van der Waals surface area contributed by atoms with E-state index >= 15 is 0 Å². The predicted molar refractivity (Wildman–Crippen MR) is 124 cm³/mol. The number of benzene rings is 2. The van der Waals surface area contributed by atoms with Gasteiger partial charge in [-0.3, -0.25) is 9.69 Å². The van der Waals surface area contributed by atoms with Crippen molar-refractivity contribution in [3.05, 3.63) is 69.2 Å². The highest BCUT2D eigenvalue weighted by molar-refractivity contribution is 6.42. The number of carbonyl (C=O) groups is 1. The Balaban J connectivity index is 0.00000150. The van der Waals surface area contributed by atoms with E-state index in [0.29, 0.717) is 16.6 Å². The van der Waals surface area contributed by atoms with Gasteiger partial charge in [0, 0.05) is 32.7 Å². The molecule has 2 N–H and O–H groups in total. The van der Waals surface area contributed by atoms with E-state index in [1.807, 2.05) is 18.2 Å². The molecule has 1 aliphatic carbocycles. The standard InChI is InChI=1S/C21H23Cl2N3O.2ClH/c22-18-6-5-15(13-19(18)23)14-25-20(27)21(26-11-9-24-10-12-26)8-7-16-3-1-2-4-17(16)21;;/h1-6,13,24H,7-12,14H2,(H,25,27);2*1H/t21-;;/m0../s1. The number of rotatable bonds is 4. The van der Waals surface area contributed by atoms with Gasteiger partial charge in [-0.05, 0) is 41.7 Å². The van der Waals surface area contributed by atoms with E-state index < -0.39 is 5.54 Å². The second kappa shape index (κ2) is 10.3. The van der Waals surface area contributed by atoms with Crippen LogP contribution in [0.2, 0.25) is 10.0 Å². The summed E-state index contributed by atoms with van der Waals surface area (Å²) in [4.78, 5) is 15.9. The molecule has 0 spiro atoms. The summed E-state index contributed by atoms with van der Waals surface area (Å²) in [6, 6.07) is 13.8. The molecule has 4 nitrogen and oxygen atoms in total. The third-order valence-electron chi connectivity index (χ3n) is 5.69. The number of piperazine rings is 1. The molecule has 2 aromatic rings. The molecule has 2 aliphatic rings. The van der Waals surface area contributed by atoms with Crippen molar-refractivity contribution in [2.24, 2.45) is 0 Å². The summed E-state index contributed by atoms with van der Waals surface area (Å²) >= 11 is 12.1. The van der Waals surface area contributed by atoms with Crippen molar-refractivity contribution in [3.8, 4) is 0 Å². The normalized spacial score (nSPS) is 20.9. The summed E-state index contributed by atoms with van der Waals surface area (Å²) in [6.45, 7) is 3.99. The first-order chi connectivity index (χ1) is 13.1. The van der Waals surface area contributed by atoms with Crippen molar-refractivity contribution in [3.63, 3.8) is 0 Å². The fourth-order valence-corrected chi connectivity index (χ4v) is 4.65. The average Bonchev–Trinajstić information content (AvgIpc) is 3.10. The van der Waals surface area contributed by atoms with Crippen molar-refractivity contribution >= 4 is 53.9 Å². The molecular formula is C21H25Cl4N3O. The highest BCUT2D eigenvalue weighted by Crippen LogP contribution is 2.42. The summed E-state index contributed by atoms with van der Waals surface area (Å²) < 4.78 is 0. The van der Waals surface area contributed by atoms with Gasteiger partial charge in [0.2, 0.25) is 5.91 Å². The van der Waals surface area contributed by atoms with Crippen LogP contribution in [0.15, 0.2) is 42.5 Å². The number of halogens is 4. The van der Waals surface area contributed by atoms with E-state index in [-0.39, 0.29) is 30.7 Å². The zero-order valence-corrected chi connectivity index (χ0v) is 19.1. The molecule has 1 heterocycles. The number of nitrogens with one attached hydrogen (secondary N) is 2. The Bertz CT molecular complexity index is 858. The highest BCUT2D eigenvalue weighted by atomic mass is 35.5. The van der Waals surface area contributed by atoms with Crippen LogP contribution >= 0.6 is 48.0 Å². The molecule has 0 bridgehead atoms. The zero-order chi connectivity index (χ0) is 18.9. The third kappa shape index (κ3) is 4.68. The van der Waals surface area contributed by atoms with Crippen LogP contribution in [0.5, 0.6) is 0 Å². The summed E-state index contributed by atoms with van der Waals surface area (Å²) in [7, 11) is 0. The molecule has 2 aromatic carbocycles. The van der Waals surface area contributed by atoms with Crippen LogP contribution in [0, 0.1) is 0 Å². The van der Waals surface area contributed by atoms with Crippen molar-refractivity contribution in [2.75, 3.05) is 26.2 Å². The van der Waals surface area contributed by atoms with Crippen molar-refractivity contribution in [2.45, 2.75) is 24.9 Å². The van der Waals surface area contributed by atoms with Crippen LogP contribution in [0.3, 0.4) is 0 Å². The van der Waals surface area contributed by atoms with E-state index in [9.17, 15) is 4.79 Å². The zero-order valence-electron chi connectivity index (χ0n) is 15.9. The van der Waals surface area contributed by atoms with Gasteiger partial charge in [-0.25, -0.2) is 0 Å². The van der Waals surface area contributed by atoms with Gasteiger partial charge in [-0.1, -0.05) is 53.5 Å². The molecule has 1 atom stereocenters. The molecule has 8 heteroatoms. The van der Waals surface area contributed by atoms with E-state index in [0.717, 1.165) is 50.1 Å². The minimum absolute atomic E-state index is 0. The van der Waals surface area contributed by atoms with E-state index in [1.54, 1.807) is 6.07 Å². The maximum absolute atomic E-state index is 13.5. The highest BCUT2D eigenvalue weighted by Gasteiger charge is 2.49. The lowest BCUT2D eigenvalue weighted by atomic mass is 9.87. The smallest absolute Gasteiger partial charge is 0.245 e. The minimum atomic E-state index is -0.588. The maximum atomic E-state index is 13.5.